The Hall–Kier alpha value is -3.09. The Labute approximate surface area is 189 Å². The quantitative estimate of drug-likeness (QED) is 0.422. The number of halogens is 1. The van der Waals surface area contributed by atoms with Gasteiger partial charge in [-0.15, -0.1) is 0 Å². The van der Waals surface area contributed by atoms with Crippen LogP contribution in [0.4, 0.5) is 5.13 Å². The van der Waals surface area contributed by atoms with Crippen LogP contribution in [0.5, 0.6) is 0 Å². The molecule has 1 aliphatic rings. The molecule has 0 amide bonds. The number of H-pyrrole nitrogens is 2. The number of aromatic nitrogens is 3. The molecule has 1 unspecified atom stereocenters. The van der Waals surface area contributed by atoms with Crippen LogP contribution >= 0.6 is 22.9 Å². The van der Waals surface area contributed by atoms with Gasteiger partial charge in [-0.25, -0.2) is 4.98 Å². The summed E-state index contributed by atoms with van der Waals surface area (Å²) in [4.78, 5) is 20.2. The van der Waals surface area contributed by atoms with E-state index in [-0.39, 0.29) is 11.5 Å². The van der Waals surface area contributed by atoms with E-state index >= 15 is 0 Å². The van der Waals surface area contributed by atoms with Gasteiger partial charge in [-0.1, -0.05) is 83.6 Å². The van der Waals surface area contributed by atoms with E-state index in [9.17, 15) is 4.79 Å². The fraction of sp³-hybridized carbons (Fsp3) is 0.167. The van der Waals surface area contributed by atoms with E-state index in [0.717, 1.165) is 38.9 Å². The van der Waals surface area contributed by atoms with Crippen molar-refractivity contribution in [3.05, 3.63) is 103 Å². The summed E-state index contributed by atoms with van der Waals surface area (Å²) in [6.45, 7) is 0.736. The third kappa shape index (κ3) is 3.84. The zero-order chi connectivity index (χ0) is 21.4. The van der Waals surface area contributed by atoms with Crippen LogP contribution in [0.2, 0.25) is 5.15 Å². The summed E-state index contributed by atoms with van der Waals surface area (Å²) in [7, 11) is 2.01. The smallest absolute Gasteiger partial charge is 0.268 e. The van der Waals surface area contributed by atoms with Gasteiger partial charge in [0.15, 0.2) is 5.13 Å². The first-order valence-electron chi connectivity index (χ1n) is 10.1. The summed E-state index contributed by atoms with van der Waals surface area (Å²) >= 11 is 8.19. The number of aromatic amines is 2. The zero-order valence-corrected chi connectivity index (χ0v) is 18.5. The molecule has 5 rings (SSSR count). The predicted octanol–water partition coefficient (Wildman–Crippen LogP) is 5.53. The van der Waals surface area contributed by atoms with Gasteiger partial charge in [0.1, 0.15) is 5.15 Å². The van der Waals surface area contributed by atoms with Crippen LogP contribution in [0, 0.1) is 0 Å². The van der Waals surface area contributed by atoms with E-state index in [1.807, 2.05) is 43.4 Å². The molecule has 2 N–H and O–H groups in total. The van der Waals surface area contributed by atoms with Crippen molar-refractivity contribution in [1.29, 1.82) is 0 Å². The fourth-order valence-electron chi connectivity index (χ4n) is 4.08. The third-order valence-corrected chi connectivity index (χ3v) is 7.27. The predicted molar refractivity (Wildman–Crippen MR) is 128 cm³/mol. The van der Waals surface area contributed by atoms with Crippen molar-refractivity contribution in [2.45, 2.75) is 18.9 Å². The standard InChI is InChI=1S/C24H21ClN4OS/c1-29(14-15-8-4-2-5-9-15)24-26-22(25)21(31-24)18-12-17(16-10-6-3-7-11-16)13-19-20(18)23(30)28-27-19/h2-11,13,18H,12,14H2,1H3,(H2,27,28,30). The van der Waals surface area contributed by atoms with E-state index < -0.39 is 0 Å². The van der Waals surface area contributed by atoms with Gasteiger partial charge >= 0.3 is 0 Å². The number of benzene rings is 2. The SMILES string of the molecule is CN(Cc1ccccc1)c1nc(Cl)c(C2CC(c3ccccc3)=Cc3[nH][nH]c(=O)c32)s1. The molecule has 1 atom stereocenters. The molecule has 4 aromatic rings. The van der Waals surface area contributed by atoms with Gasteiger partial charge in [0, 0.05) is 19.5 Å². The van der Waals surface area contributed by atoms with Gasteiger partial charge in [-0.05, 0) is 29.2 Å². The Bertz CT molecular complexity index is 1290. The summed E-state index contributed by atoms with van der Waals surface area (Å²) in [5.41, 5.74) is 4.94. The highest BCUT2D eigenvalue weighted by molar-refractivity contribution is 7.16. The van der Waals surface area contributed by atoms with E-state index in [1.165, 1.54) is 5.56 Å². The Morgan fingerprint density at radius 1 is 1.10 bits per heavy atom. The Kier molecular flexibility index (Phi) is 5.26. The number of allylic oxidation sites excluding steroid dienone is 1. The lowest BCUT2D eigenvalue weighted by molar-refractivity contribution is 0.840. The molecule has 2 aromatic carbocycles. The Morgan fingerprint density at radius 3 is 2.55 bits per heavy atom. The second-order valence-corrected chi connectivity index (χ2v) is 9.06. The normalized spacial score (nSPS) is 15.4. The molecule has 2 aromatic heterocycles. The second kappa shape index (κ2) is 8.21. The van der Waals surface area contributed by atoms with Crippen molar-refractivity contribution in [2.75, 3.05) is 11.9 Å². The van der Waals surface area contributed by atoms with E-state index in [1.54, 1.807) is 11.3 Å². The maximum atomic E-state index is 12.6. The first kappa shape index (κ1) is 19.8. The molecule has 2 heterocycles. The summed E-state index contributed by atoms with van der Waals surface area (Å²) in [5.74, 6) is -0.144. The molecule has 0 fully saturated rings. The van der Waals surface area contributed by atoms with Crippen molar-refractivity contribution in [1.82, 2.24) is 15.2 Å². The minimum Gasteiger partial charge on any atom is -0.347 e. The highest BCUT2D eigenvalue weighted by atomic mass is 35.5. The van der Waals surface area contributed by atoms with E-state index in [4.69, 9.17) is 11.6 Å². The second-order valence-electron chi connectivity index (χ2n) is 7.69. The van der Waals surface area contributed by atoms with Crippen molar-refractivity contribution in [3.8, 4) is 0 Å². The number of hydrogen-bond acceptors (Lipinski definition) is 4. The summed E-state index contributed by atoms with van der Waals surface area (Å²) in [6.07, 6.45) is 2.75. The van der Waals surface area contributed by atoms with Gasteiger partial charge in [-0.3, -0.25) is 15.0 Å². The van der Waals surface area contributed by atoms with Crippen molar-refractivity contribution in [3.63, 3.8) is 0 Å². The van der Waals surface area contributed by atoms with Gasteiger partial charge in [0.05, 0.1) is 16.1 Å². The first-order valence-corrected chi connectivity index (χ1v) is 11.3. The molecule has 0 bridgehead atoms. The van der Waals surface area contributed by atoms with Crippen molar-refractivity contribution < 1.29 is 0 Å². The molecular weight excluding hydrogens is 428 g/mol. The van der Waals surface area contributed by atoms with Gasteiger partial charge in [-0.2, -0.15) is 0 Å². The molecule has 0 aliphatic heterocycles. The number of fused-ring (bicyclic) bond motifs is 1. The number of rotatable bonds is 5. The molecule has 1 aliphatic carbocycles. The van der Waals surface area contributed by atoms with Crippen LogP contribution in [0.25, 0.3) is 11.6 Å². The van der Waals surface area contributed by atoms with Crippen LogP contribution in [0.3, 0.4) is 0 Å². The van der Waals surface area contributed by atoms with Gasteiger partial charge in [0.2, 0.25) is 0 Å². The summed E-state index contributed by atoms with van der Waals surface area (Å²) in [6, 6.07) is 20.5. The van der Waals surface area contributed by atoms with Gasteiger partial charge in [0.25, 0.3) is 5.56 Å². The molecule has 7 heteroatoms. The highest BCUT2D eigenvalue weighted by Gasteiger charge is 2.31. The lowest BCUT2D eigenvalue weighted by Crippen LogP contribution is -2.16. The monoisotopic (exact) mass is 448 g/mol. The maximum absolute atomic E-state index is 12.6. The minimum absolute atomic E-state index is 0.105. The largest absolute Gasteiger partial charge is 0.347 e. The molecule has 5 nitrogen and oxygen atoms in total. The molecular formula is C24H21ClN4OS. The zero-order valence-electron chi connectivity index (χ0n) is 16.9. The molecule has 0 saturated heterocycles. The topological polar surface area (TPSA) is 64.8 Å². The third-order valence-electron chi connectivity index (χ3n) is 5.59. The molecule has 0 radical (unpaired) electrons. The summed E-state index contributed by atoms with van der Waals surface area (Å²) < 4.78 is 0. The van der Waals surface area contributed by atoms with Crippen LogP contribution in [-0.2, 0) is 6.54 Å². The summed E-state index contributed by atoms with van der Waals surface area (Å²) in [5, 5.41) is 7.07. The van der Waals surface area contributed by atoms with Crippen molar-refractivity contribution in [2.24, 2.45) is 0 Å². The highest BCUT2D eigenvalue weighted by Crippen LogP contribution is 2.45. The maximum Gasteiger partial charge on any atom is 0.268 e. The number of anilines is 1. The molecule has 156 valence electrons. The minimum atomic E-state index is -0.144. The van der Waals surface area contributed by atoms with Crippen LogP contribution < -0.4 is 10.5 Å². The lowest BCUT2D eigenvalue weighted by Gasteiger charge is -2.22. The fourth-order valence-corrected chi connectivity index (χ4v) is 5.48. The molecule has 0 spiro atoms. The average molecular weight is 449 g/mol. The van der Waals surface area contributed by atoms with Crippen molar-refractivity contribution >= 4 is 39.7 Å². The van der Waals surface area contributed by atoms with Crippen LogP contribution in [-0.4, -0.2) is 22.2 Å². The average Bonchev–Trinajstić information content (AvgIpc) is 3.37. The number of hydrogen-bond donors (Lipinski definition) is 2. The number of thiazole rings is 1. The van der Waals surface area contributed by atoms with Crippen LogP contribution in [0.15, 0.2) is 65.5 Å². The molecule has 31 heavy (non-hydrogen) atoms. The van der Waals surface area contributed by atoms with Crippen LogP contribution in [0.1, 0.15) is 39.6 Å². The Morgan fingerprint density at radius 2 is 1.81 bits per heavy atom. The van der Waals surface area contributed by atoms with Gasteiger partial charge < -0.3 is 4.90 Å². The number of nitrogens with zero attached hydrogens (tertiary/aromatic N) is 2. The van der Waals surface area contributed by atoms with E-state index in [2.05, 4.69) is 50.4 Å². The first-order chi connectivity index (χ1) is 15.1. The number of nitrogens with one attached hydrogen (secondary N) is 2. The van der Waals surface area contributed by atoms with E-state index in [0.29, 0.717) is 11.6 Å². The molecule has 0 saturated carbocycles. The lowest BCUT2D eigenvalue weighted by atomic mass is 9.83. The Balaban J connectivity index is 1.50.